The van der Waals surface area contributed by atoms with Crippen LogP contribution < -0.4 is 10.5 Å². The van der Waals surface area contributed by atoms with Gasteiger partial charge in [-0.3, -0.25) is 9.69 Å². The maximum atomic E-state index is 10.8. The van der Waals surface area contributed by atoms with Crippen LogP contribution in [0.1, 0.15) is 18.5 Å². The molecule has 1 aromatic rings. The summed E-state index contributed by atoms with van der Waals surface area (Å²) in [5.74, 6) is 0.344. The number of likely N-dealkylation sites (N-methyl/N-ethyl adjacent to an activating group) is 1. The van der Waals surface area contributed by atoms with Crippen molar-refractivity contribution in [2.24, 2.45) is 5.73 Å². The second-order valence-corrected chi connectivity index (χ2v) is 3.98. The lowest BCUT2D eigenvalue weighted by Crippen LogP contribution is -2.32. The Balaban J connectivity index is 2.88. The second-order valence-electron chi connectivity index (χ2n) is 3.98. The first-order chi connectivity index (χ1) is 7.95. The molecule has 0 bridgehead atoms. The molecule has 0 aromatic heterocycles. The predicted octanol–water partition coefficient (Wildman–Crippen LogP) is 0.879. The first-order valence-corrected chi connectivity index (χ1v) is 5.31. The number of amides is 1. The summed E-state index contributed by atoms with van der Waals surface area (Å²) < 4.78 is 5.01. The van der Waals surface area contributed by atoms with Crippen LogP contribution in [0.25, 0.3) is 0 Å². The van der Waals surface area contributed by atoms with Crippen molar-refractivity contribution in [3.8, 4) is 11.5 Å². The van der Waals surface area contributed by atoms with Crippen molar-refractivity contribution in [1.29, 1.82) is 0 Å². The Kier molecular flexibility index (Phi) is 4.34. The van der Waals surface area contributed by atoms with Crippen LogP contribution >= 0.6 is 0 Å². The van der Waals surface area contributed by atoms with E-state index in [2.05, 4.69) is 0 Å². The maximum Gasteiger partial charge on any atom is 0.231 e. The van der Waals surface area contributed by atoms with E-state index in [1.54, 1.807) is 30.1 Å². The molecule has 0 heterocycles. The molecule has 0 radical (unpaired) electrons. The molecule has 5 nitrogen and oxygen atoms in total. The lowest BCUT2D eigenvalue weighted by atomic mass is 10.1. The van der Waals surface area contributed by atoms with Crippen LogP contribution in [0.4, 0.5) is 0 Å². The van der Waals surface area contributed by atoms with E-state index < -0.39 is 5.91 Å². The van der Waals surface area contributed by atoms with Crippen LogP contribution in [0.3, 0.4) is 0 Å². The first-order valence-electron chi connectivity index (χ1n) is 5.31. The highest BCUT2D eigenvalue weighted by Gasteiger charge is 2.17. The third-order valence-electron chi connectivity index (χ3n) is 2.75. The molecule has 0 spiro atoms. The van der Waals surface area contributed by atoms with Crippen LogP contribution in [0.15, 0.2) is 18.2 Å². The Labute approximate surface area is 101 Å². The van der Waals surface area contributed by atoms with Crippen molar-refractivity contribution in [1.82, 2.24) is 4.90 Å². The van der Waals surface area contributed by atoms with Crippen LogP contribution in [0.5, 0.6) is 11.5 Å². The average Bonchev–Trinajstić information content (AvgIpc) is 2.27. The standard InChI is InChI=1S/C12H18N2O3/c1-8(14(2)7-12(13)16)10-5-4-9(17-3)6-11(10)15/h4-6,8,15H,7H2,1-3H3,(H2,13,16). The van der Waals surface area contributed by atoms with Crippen molar-refractivity contribution in [2.75, 3.05) is 20.7 Å². The number of hydrogen-bond donors (Lipinski definition) is 2. The number of benzene rings is 1. The lowest BCUT2D eigenvalue weighted by Gasteiger charge is -2.24. The quantitative estimate of drug-likeness (QED) is 0.798. The van der Waals surface area contributed by atoms with Gasteiger partial charge in [-0.1, -0.05) is 6.07 Å². The number of phenols is 1. The van der Waals surface area contributed by atoms with Gasteiger partial charge in [0.2, 0.25) is 5.91 Å². The Morgan fingerprint density at radius 1 is 1.59 bits per heavy atom. The van der Waals surface area contributed by atoms with E-state index >= 15 is 0 Å². The molecular weight excluding hydrogens is 220 g/mol. The van der Waals surface area contributed by atoms with Crippen molar-refractivity contribution >= 4 is 5.91 Å². The number of phenolic OH excluding ortho intramolecular Hbond substituents is 1. The minimum atomic E-state index is -0.396. The minimum Gasteiger partial charge on any atom is -0.507 e. The Bertz CT molecular complexity index is 407. The molecule has 0 saturated carbocycles. The van der Waals surface area contributed by atoms with Gasteiger partial charge in [0.25, 0.3) is 0 Å². The van der Waals surface area contributed by atoms with Gasteiger partial charge in [-0.05, 0) is 20.0 Å². The second kappa shape index (κ2) is 5.54. The van der Waals surface area contributed by atoms with Gasteiger partial charge in [0.1, 0.15) is 11.5 Å². The van der Waals surface area contributed by atoms with Gasteiger partial charge in [0, 0.05) is 17.7 Å². The molecule has 94 valence electrons. The molecule has 0 saturated heterocycles. The first kappa shape index (κ1) is 13.3. The third kappa shape index (κ3) is 3.35. The van der Waals surface area contributed by atoms with Crippen LogP contribution in [-0.4, -0.2) is 36.6 Å². The number of hydrogen-bond acceptors (Lipinski definition) is 4. The monoisotopic (exact) mass is 238 g/mol. The van der Waals surface area contributed by atoms with E-state index in [0.29, 0.717) is 5.75 Å². The molecule has 0 aliphatic rings. The molecular formula is C12H18N2O3. The van der Waals surface area contributed by atoms with Gasteiger partial charge in [0.05, 0.1) is 13.7 Å². The fourth-order valence-electron chi connectivity index (χ4n) is 1.62. The minimum absolute atomic E-state index is 0.103. The predicted molar refractivity (Wildman–Crippen MR) is 64.9 cm³/mol. The van der Waals surface area contributed by atoms with Crippen LogP contribution in [-0.2, 0) is 4.79 Å². The zero-order chi connectivity index (χ0) is 13.0. The number of carbonyl (C=O) groups is 1. The van der Waals surface area contributed by atoms with Crippen molar-refractivity contribution in [3.63, 3.8) is 0 Å². The Morgan fingerprint density at radius 3 is 2.71 bits per heavy atom. The number of ether oxygens (including phenoxy) is 1. The van der Waals surface area contributed by atoms with Gasteiger partial charge in [-0.25, -0.2) is 0 Å². The summed E-state index contributed by atoms with van der Waals surface area (Å²) in [5, 5.41) is 9.85. The largest absolute Gasteiger partial charge is 0.507 e. The number of nitrogens with zero attached hydrogens (tertiary/aromatic N) is 1. The Morgan fingerprint density at radius 2 is 2.24 bits per heavy atom. The fraction of sp³-hybridized carbons (Fsp3) is 0.417. The summed E-state index contributed by atoms with van der Waals surface area (Å²) in [6, 6.07) is 4.98. The number of rotatable bonds is 5. The highest BCUT2D eigenvalue weighted by molar-refractivity contribution is 5.75. The molecule has 5 heteroatoms. The fourth-order valence-corrected chi connectivity index (χ4v) is 1.62. The number of nitrogens with two attached hydrogens (primary N) is 1. The van der Waals surface area contributed by atoms with E-state index in [4.69, 9.17) is 10.5 Å². The SMILES string of the molecule is COc1ccc(C(C)N(C)CC(N)=O)c(O)c1. The molecule has 1 amide bonds. The smallest absolute Gasteiger partial charge is 0.231 e. The van der Waals surface area contributed by atoms with Crippen molar-refractivity contribution in [2.45, 2.75) is 13.0 Å². The number of methoxy groups -OCH3 is 1. The van der Waals surface area contributed by atoms with E-state index in [9.17, 15) is 9.90 Å². The summed E-state index contributed by atoms with van der Waals surface area (Å²) in [6.45, 7) is 2.04. The molecule has 1 aromatic carbocycles. The molecule has 1 rings (SSSR count). The lowest BCUT2D eigenvalue weighted by molar-refractivity contribution is -0.119. The third-order valence-corrected chi connectivity index (χ3v) is 2.75. The van der Waals surface area contributed by atoms with E-state index in [-0.39, 0.29) is 18.3 Å². The molecule has 0 fully saturated rings. The maximum absolute atomic E-state index is 10.8. The summed E-state index contributed by atoms with van der Waals surface area (Å²) in [4.78, 5) is 12.6. The van der Waals surface area contributed by atoms with Gasteiger partial charge in [-0.15, -0.1) is 0 Å². The summed E-state index contributed by atoms with van der Waals surface area (Å²) >= 11 is 0. The highest BCUT2D eigenvalue weighted by Crippen LogP contribution is 2.30. The molecule has 3 N–H and O–H groups in total. The van der Waals surface area contributed by atoms with Crippen LogP contribution in [0, 0.1) is 0 Å². The van der Waals surface area contributed by atoms with Gasteiger partial charge in [0.15, 0.2) is 0 Å². The normalized spacial score (nSPS) is 12.5. The van der Waals surface area contributed by atoms with E-state index in [1.165, 1.54) is 7.11 Å². The number of carbonyl (C=O) groups excluding carboxylic acids is 1. The zero-order valence-electron chi connectivity index (χ0n) is 10.3. The summed E-state index contributed by atoms with van der Waals surface area (Å²) in [5.41, 5.74) is 5.86. The molecule has 0 aliphatic carbocycles. The van der Waals surface area contributed by atoms with Gasteiger partial charge < -0.3 is 15.6 Å². The van der Waals surface area contributed by atoms with Gasteiger partial charge in [-0.2, -0.15) is 0 Å². The molecule has 0 aliphatic heterocycles. The zero-order valence-corrected chi connectivity index (χ0v) is 10.3. The number of primary amides is 1. The number of aromatic hydroxyl groups is 1. The highest BCUT2D eigenvalue weighted by atomic mass is 16.5. The Hall–Kier alpha value is -1.75. The topological polar surface area (TPSA) is 75.8 Å². The summed E-state index contributed by atoms with van der Waals surface area (Å²) in [7, 11) is 3.32. The molecule has 1 atom stereocenters. The van der Waals surface area contributed by atoms with Crippen LogP contribution in [0.2, 0.25) is 0 Å². The molecule has 1 unspecified atom stereocenters. The van der Waals surface area contributed by atoms with Crippen molar-refractivity contribution < 1.29 is 14.6 Å². The van der Waals surface area contributed by atoms with Crippen molar-refractivity contribution in [3.05, 3.63) is 23.8 Å². The summed E-state index contributed by atoms with van der Waals surface area (Å²) in [6.07, 6.45) is 0. The van der Waals surface area contributed by atoms with E-state index in [0.717, 1.165) is 5.56 Å². The van der Waals surface area contributed by atoms with E-state index in [1.807, 2.05) is 6.92 Å². The van der Waals surface area contributed by atoms with Gasteiger partial charge >= 0.3 is 0 Å². The average molecular weight is 238 g/mol. The molecule has 17 heavy (non-hydrogen) atoms.